The number of rotatable bonds is 3. The maximum Gasteiger partial charge on any atom is 0.176 e. The van der Waals surface area contributed by atoms with Crippen LogP contribution in [0.4, 0.5) is 0 Å². The van der Waals surface area contributed by atoms with Crippen LogP contribution in [0.1, 0.15) is 57.9 Å². The highest BCUT2D eigenvalue weighted by Crippen LogP contribution is 2.81. The molecule has 6 rings (SSSR count). The minimum absolute atomic E-state index is 0.0111. The standard InChI is InChI=1S/C27H34O4/c1-4-18-17-21(28)22-23(27(18)30-15-16-31-27)25-12-6-5-11-24(25,2)26(22,14-13-25)19-7-9-20(29-3)10-8-19/h7-10,13-14,18,22-23H,4-6,11-12,15-17H2,1-3H3/t18-,22-,23+,24+,25+,26-/m1/s1. The van der Waals surface area contributed by atoms with E-state index in [0.29, 0.717) is 25.4 Å². The van der Waals surface area contributed by atoms with Crippen molar-refractivity contribution in [1.82, 2.24) is 0 Å². The quantitative estimate of drug-likeness (QED) is 0.639. The first-order valence-electron chi connectivity index (χ1n) is 12.1. The molecule has 1 aromatic rings. The molecule has 1 aromatic carbocycles. The minimum atomic E-state index is -0.620. The van der Waals surface area contributed by atoms with Gasteiger partial charge in [0.05, 0.1) is 20.3 Å². The number of hydrogen-bond acceptors (Lipinski definition) is 4. The first-order valence-corrected chi connectivity index (χ1v) is 12.1. The highest BCUT2D eigenvalue weighted by Gasteiger charge is 2.82. The van der Waals surface area contributed by atoms with Crippen LogP contribution in [0.25, 0.3) is 0 Å². The first kappa shape index (κ1) is 20.0. The molecule has 1 aliphatic heterocycles. The van der Waals surface area contributed by atoms with Gasteiger partial charge in [0, 0.05) is 35.0 Å². The molecule has 2 bridgehead atoms. The van der Waals surface area contributed by atoms with Crippen LogP contribution in [-0.2, 0) is 19.7 Å². The Balaban J connectivity index is 1.61. The molecule has 166 valence electrons. The Morgan fingerprint density at radius 1 is 1.06 bits per heavy atom. The highest BCUT2D eigenvalue weighted by molar-refractivity contribution is 5.87. The normalized spacial score (nSPS) is 44.5. The molecule has 31 heavy (non-hydrogen) atoms. The monoisotopic (exact) mass is 422 g/mol. The van der Waals surface area contributed by atoms with Gasteiger partial charge in [-0.3, -0.25) is 4.79 Å². The Morgan fingerprint density at radius 2 is 1.77 bits per heavy atom. The van der Waals surface area contributed by atoms with Gasteiger partial charge in [-0.05, 0) is 42.4 Å². The fraction of sp³-hybridized carbons (Fsp3) is 0.667. The summed E-state index contributed by atoms with van der Waals surface area (Å²) in [7, 11) is 1.70. The summed E-state index contributed by atoms with van der Waals surface area (Å²) in [5.41, 5.74) is 0.884. The molecule has 1 spiro atoms. The Kier molecular flexibility index (Phi) is 4.16. The number of ketones is 1. The third kappa shape index (κ3) is 2.08. The summed E-state index contributed by atoms with van der Waals surface area (Å²) in [4.78, 5) is 14.0. The molecule has 0 unspecified atom stereocenters. The van der Waals surface area contributed by atoms with Crippen LogP contribution in [-0.4, -0.2) is 31.9 Å². The van der Waals surface area contributed by atoms with Gasteiger partial charge < -0.3 is 14.2 Å². The molecule has 0 radical (unpaired) electrons. The van der Waals surface area contributed by atoms with E-state index in [4.69, 9.17) is 14.2 Å². The molecule has 0 aromatic heterocycles. The van der Waals surface area contributed by atoms with Crippen molar-refractivity contribution in [2.45, 2.75) is 63.6 Å². The lowest BCUT2D eigenvalue weighted by Crippen LogP contribution is -2.60. The van der Waals surface area contributed by atoms with Crippen molar-refractivity contribution in [3.8, 4) is 5.75 Å². The van der Waals surface area contributed by atoms with Gasteiger partial charge in [-0.2, -0.15) is 0 Å². The second kappa shape index (κ2) is 6.45. The number of methoxy groups -OCH3 is 1. The Bertz CT molecular complexity index is 929. The van der Waals surface area contributed by atoms with Crippen molar-refractivity contribution < 1.29 is 19.0 Å². The lowest BCUT2D eigenvalue weighted by atomic mass is 9.52. The van der Waals surface area contributed by atoms with Gasteiger partial charge >= 0.3 is 0 Å². The molecule has 6 atom stereocenters. The molecule has 0 N–H and O–H groups in total. The Hall–Kier alpha value is -1.65. The molecule has 0 amide bonds. The Morgan fingerprint density at radius 3 is 2.45 bits per heavy atom. The first-order chi connectivity index (χ1) is 15.0. The fourth-order valence-corrected chi connectivity index (χ4v) is 8.88. The van der Waals surface area contributed by atoms with Gasteiger partial charge in [-0.1, -0.05) is 51.0 Å². The average Bonchev–Trinajstić information content (AvgIpc) is 3.43. The molecule has 5 aliphatic rings. The van der Waals surface area contributed by atoms with E-state index in [1.165, 1.54) is 18.4 Å². The van der Waals surface area contributed by atoms with E-state index in [2.05, 4.69) is 50.3 Å². The number of hydrogen-bond donors (Lipinski definition) is 0. The second-order valence-electron chi connectivity index (χ2n) is 10.7. The largest absolute Gasteiger partial charge is 0.497 e. The van der Waals surface area contributed by atoms with Crippen molar-refractivity contribution in [1.29, 1.82) is 0 Å². The van der Waals surface area contributed by atoms with Gasteiger partial charge in [0.15, 0.2) is 5.79 Å². The Labute approximate surface area is 185 Å². The van der Waals surface area contributed by atoms with Gasteiger partial charge in [-0.25, -0.2) is 0 Å². The van der Waals surface area contributed by atoms with Crippen LogP contribution in [0.3, 0.4) is 0 Å². The maximum absolute atomic E-state index is 14.0. The second-order valence-corrected chi connectivity index (χ2v) is 10.7. The molecule has 4 fully saturated rings. The van der Waals surface area contributed by atoms with E-state index in [1.807, 2.05) is 0 Å². The van der Waals surface area contributed by atoms with Gasteiger partial charge in [0.1, 0.15) is 11.5 Å². The van der Waals surface area contributed by atoms with Crippen LogP contribution >= 0.6 is 0 Å². The van der Waals surface area contributed by atoms with Gasteiger partial charge in [-0.15, -0.1) is 0 Å². The van der Waals surface area contributed by atoms with Crippen molar-refractivity contribution in [3.05, 3.63) is 42.0 Å². The number of carbonyl (C=O) groups is 1. The summed E-state index contributed by atoms with van der Waals surface area (Å²) < 4.78 is 18.6. The van der Waals surface area contributed by atoms with E-state index < -0.39 is 5.79 Å². The number of ether oxygens (including phenoxy) is 3. The predicted octanol–water partition coefficient (Wildman–Crippen LogP) is 5.06. The SMILES string of the molecule is CC[C@@H]1CC(=O)[C@@H]2[C@H](C13OCCO3)[C@]13C=C[C@]2(c2ccc(OC)cc2)[C@@]1(C)CCCC3. The number of fused-ring (bicyclic) bond motifs is 3. The molecule has 3 saturated carbocycles. The zero-order valence-electron chi connectivity index (χ0n) is 19.0. The number of Topliss-reactive ketones (excluding diaryl/α,β-unsaturated/α-hetero) is 1. The topological polar surface area (TPSA) is 44.8 Å². The van der Waals surface area contributed by atoms with E-state index in [9.17, 15) is 4.79 Å². The van der Waals surface area contributed by atoms with Crippen LogP contribution in [0.15, 0.2) is 36.4 Å². The number of carbonyl (C=O) groups excluding carboxylic acids is 1. The van der Waals surface area contributed by atoms with Crippen LogP contribution < -0.4 is 4.74 Å². The van der Waals surface area contributed by atoms with Crippen molar-refractivity contribution in [2.75, 3.05) is 20.3 Å². The average molecular weight is 423 g/mol. The van der Waals surface area contributed by atoms with Crippen molar-refractivity contribution >= 4 is 5.78 Å². The molecule has 1 saturated heterocycles. The summed E-state index contributed by atoms with van der Waals surface area (Å²) in [6, 6.07) is 8.50. The van der Waals surface area contributed by atoms with Gasteiger partial charge in [0.2, 0.25) is 0 Å². The van der Waals surface area contributed by atoms with E-state index in [-0.39, 0.29) is 34.0 Å². The molecule has 4 aliphatic carbocycles. The molecular weight excluding hydrogens is 388 g/mol. The lowest BCUT2D eigenvalue weighted by molar-refractivity contribution is -0.270. The van der Waals surface area contributed by atoms with Crippen molar-refractivity contribution in [2.24, 2.45) is 28.6 Å². The zero-order valence-corrected chi connectivity index (χ0v) is 19.0. The smallest absolute Gasteiger partial charge is 0.176 e. The van der Waals surface area contributed by atoms with Crippen LogP contribution in [0, 0.1) is 28.6 Å². The molecular formula is C27H34O4. The highest BCUT2D eigenvalue weighted by atomic mass is 16.7. The molecule has 4 heteroatoms. The van der Waals surface area contributed by atoms with E-state index in [0.717, 1.165) is 25.0 Å². The summed E-state index contributed by atoms with van der Waals surface area (Å²) >= 11 is 0. The van der Waals surface area contributed by atoms with Crippen LogP contribution in [0.5, 0.6) is 5.75 Å². The lowest BCUT2D eigenvalue weighted by Gasteiger charge is -2.55. The predicted molar refractivity (Wildman–Crippen MR) is 118 cm³/mol. The summed E-state index contributed by atoms with van der Waals surface area (Å²) in [6.07, 6.45) is 11.1. The third-order valence-electron chi connectivity index (χ3n) is 10.1. The molecule has 4 nitrogen and oxygen atoms in total. The number of allylic oxidation sites excluding steroid dienone is 2. The van der Waals surface area contributed by atoms with Gasteiger partial charge in [0.25, 0.3) is 0 Å². The van der Waals surface area contributed by atoms with Crippen LogP contribution in [0.2, 0.25) is 0 Å². The summed E-state index contributed by atoms with van der Waals surface area (Å²) in [6.45, 7) is 5.93. The number of benzene rings is 1. The van der Waals surface area contributed by atoms with E-state index >= 15 is 0 Å². The molecule has 1 heterocycles. The zero-order chi connectivity index (χ0) is 21.5. The fourth-order valence-electron chi connectivity index (χ4n) is 8.88. The van der Waals surface area contributed by atoms with Crippen molar-refractivity contribution in [3.63, 3.8) is 0 Å². The third-order valence-corrected chi connectivity index (χ3v) is 10.1. The summed E-state index contributed by atoms with van der Waals surface area (Å²) in [5, 5.41) is 0. The summed E-state index contributed by atoms with van der Waals surface area (Å²) in [5.74, 6) is 0.796. The maximum atomic E-state index is 14.0. The van der Waals surface area contributed by atoms with E-state index in [1.54, 1.807) is 7.11 Å². The minimum Gasteiger partial charge on any atom is -0.497 e.